The van der Waals surface area contributed by atoms with E-state index in [0.29, 0.717) is 24.3 Å². The highest BCUT2D eigenvalue weighted by Gasteiger charge is 2.11. The van der Waals surface area contributed by atoms with Gasteiger partial charge in [0, 0.05) is 0 Å². The highest BCUT2D eigenvalue weighted by Crippen LogP contribution is 2.22. The molecular weight excluding hydrogens is 304 g/mol. The van der Waals surface area contributed by atoms with Crippen molar-refractivity contribution in [2.75, 3.05) is 13.2 Å². The van der Waals surface area contributed by atoms with Crippen LogP contribution in [0.5, 0.6) is 0 Å². The third-order valence-electron chi connectivity index (χ3n) is 3.40. The van der Waals surface area contributed by atoms with E-state index in [1.165, 1.54) is 0 Å². The lowest BCUT2D eigenvalue weighted by Gasteiger charge is -2.08. The van der Waals surface area contributed by atoms with Crippen LogP contribution in [-0.2, 0) is 9.47 Å². The molecule has 2 rings (SSSR count). The summed E-state index contributed by atoms with van der Waals surface area (Å²) in [6, 6.07) is 14.4. The van der Waals surface area contributed by atoms with Gasteiger partial charge < -0.3 is 9.47 Å². The summed E-state index contributed by atoms with van der Waals surface area (Å²) in [5.74, 6) is -0.672. The van der Waals surface area contributed by atoms with Crippen LogP contribution in [0.4, 0.5) is 0 Å². The predicted molar refractivity (Wildman–Crippen MR) is 93.0 cm³/mol. The highest BCUT2D eigenvalue weighted by molar-refractivity contribution is 5.93. The van der Waals surface area contributed by atoms with Crippen LogP contribution in [0.25, 0.3) is 11.1 Å². The summed E-state index contributed by atoms with van der Waals surface area (Å²) in [5, 5.41) is 0. The van der Waals surface area contributed by atoms with Gasteiger partial charge in [0.2, 0.25) is 0 Å². The molecule has 0 aromatic heterocycles. The van der Waals surface area contributed by atoms with Gasteiger partial charge in [-0.1, -0.05) is 38.1 Å². The second-order valence-corrected chi connectivity index (χ2v) is 5.43. The number of carbonyl (C=O) groups is 2. The van der Waals surface area contributed by atoms with Crippen molar-refractivity contribution in [3.8, 4) is 11.1 Å². The zero-order valence-electron chi connectivity index (χ0n) is 14.1. The van der Waals surface area contributed by atoms with Gasteiger partial charge in [-0.25, -0.2) is 9.59 Å². The van der Waals surface area contributed by atoms with E-state index < -0.39 is 0 Å². The zero-order valence-corrected chi connectivity index (χ0v) is 14.1. The standard InChI is InChI=1S/C20H22O4/c1-3-11-23-19(21)17-9-5-7-15(13-17)16-8-6-10-18(14-16)20(22)24-12-4-2/h5-10,13-14H,3-4,11-12H2,1-2H3. The van der Waals surface area contributed by atoms with E-state index in [1.807, 2.05) is 26.0 Å². The molecule has 4 nitrogen and oxygen atoms in total. The van der Waals surface area contributed by atoms with Crippen molar-refractivity contribution < 1.29 is 19.1 Å². The summed E-state index contributed by atoms with van der Waals surface area (Å²) in [6.45, 7) is 4.71. The number of carbonyl (C=O) groups excluding carboxylic acids is 2. The average Bonchev–Trinajstić information content (AvgIpc) is 2.64. The summed E-state index contributed by atoms with van der Waals surface area (Å²) < 4.78 is 10.3. The molecule has 0 fully saturated rings. The molecule has 0 N–H and O–H groups in total. The fraction of sp³-hybridized carbons (Fsp3) is 0.300. The van der Waals surface area contributed by atoms with Crippen LogP contribution >= 0.6 is 0 Å². The Hall–Kier alpha value is -2.62. The minimum Gasteiger partial charge on any atom is -0.462 e. The molecule has 0 atom stereocenters. The molecule has 0 aliphatic heterocycles. The van der Waals surface area contributed by atoms with Gasteiger partial charge in [0.25, 0.3) is 0 Å². The lowest BCUT2D eigenvalue weighted by atomic mass is 10.0. The molecule has 0 heterocycles. The minimum absolute atomic E-state index is 0.336. The Morgan fingerprint density at radius 1 is 0.750 bits per heavy atom. The number of benzene rings is 2. The SMILES string of the molecule is CCCOC(=O)c1cccc(-c2cccc(C(=O)OCCC)c2)c1. The van der Waals surface area contributed by atoms with Gasteiger partial charge >= 0.3 is 11.9 Å². The van der Waals surface area contributed by atoms with Crippen LogP contribution in [-0.4, -0.2) is 25.2 Å². The van der Waals surface area contributed by atoms with E-state index in [-0.39, 0.29) is 11.9 Å². The Morgan fingerprint density at radius 3 is 1.54 bits per heavy atom. The van der Waals surface area contributed by atoms with Crippen molar-refractivity contribution >= 4 is 11.9 Å². The molecule has 0 unspecified atom stereocenters. The normalized spacial score (nSPS) is 10.2. The fourth-order valence-electron chi connectivity index (χ4n) is 2.21. The second-order valence-electron chi connectivity index (χ2n) is 5.43. The fourth-order valence-corrected chi connectivity index (χ4v) is 2.21. The highest BCUT2D eigenvalue weighted by atomic mass is 16.5. The van der Waals surface area contributed by atoms with Crippen molar-refractivity contribution in [1.29, 1.82) is 0 Å². The van der Waals surface area contributed by atoms with Crippen LogP contribution in [0.15, 0.2) is 48.5 Å². The van der Waals surface area contributed by atoms with Crippen molar-refractivity contribution in [3.63, 3.8) is 0 Å². The van der Waals surface area contributed by atoms with Gasteiger partial charge in [-0.05, 0) is 48.2 Å². The van der Waals surface area contributed by atoms with Gasteiger partial charge in [0.1, 0.15) is 0 Å². The first-order valence-corrected chi connectivity index (χ1v) is 8.20. The number of ether oxygens (including phenoxy) is 2. The molecule has 126 valence electrons. The molecule has 0 radical (unpaired) electrons. The number of esters is 2. The quantitative estimate of drug-likeness (QED) is 0.704. The van der Waals surface area contributed by atoms with E-state index in [1.54, 1.807) is 36.4 Å². The molecule has 2 aromatic rings. The summed E-state index contributed by atoms with van der Waals surface area (Å²) in [5.41, 5.74) is 2.71. The molecule has 24 heavy (non-hydrogen) atoms. The van der Waals surface area contributed by atoms with E-state index in [9.17, 15) is 9.59 Å². The van der Waals surface area contributed by atoms with E-state index in [2.05, 4.69) is 0 Å². The second kappa shape index (κ2) is 8.87. The van der Waals surface area contributed by atoms with Gasteiger partial charge in [0.15, 0.2) is 0 Å². The first-order chi connectivity index (χ1) is 11.7. The van der Waals surface area contributed by atoms with Gasteiger partial charge in [-0.3, -0.25) is 0 Å². The maximum atomic E-state index is 12.0. The molecule has 0 saturated carbocycles. The molecule has 0 saturated heterocycles. The first kappa shape index (κ1) is 17.7. The van der Waals surface area contributed by atoms with Gasteiger partial charge in [0.05, 0.1) is 24.3 Å². The summed E-state index contributed by atoms with van der Waals surface area (Å²) in [6.07, 6.45) is 1.57. The summed E-state index contributed by atoms with van der Waals surface area (Å²) >= 11 is 0. The third kappa shape index (κ3) is 4.69. The molecule has 0 aliphatic carbocycles. The third-order valence-corrected chi connectivity index (χ3v) is 3.40. The minimum atomic E-state index is -0.336. The van der Waals surface area contributed by atoms with Gasteiger partial charge in [-0.2, -0.15) is 0 Å². The molecule has 4 heteroatoms. The Morgan fingerprint density at radius 2 is 1.17 bits per heavy atom. The van der Waals surface area contributed by atoms with Crippen molar-refractivity contribution in [3.05, 3.63) is 59.7 Å². The molecule has 0 bridgehead atoms. The molecule has 0 amide bonds. The van der Waals surface area contributed by atoms with Crippen LogP contribution in [0.3, 0.4) is 0 Å². The van der Waals surface area contributed by atoms with Crippen molar-refractivity contribution in [2.24, 2.45) is 0 Å². The largest absolute Gasteiger partial charge is 0.462 e. The summed E-state index contributed by atoms with van der Waals surface area (Å²) in [7, 11) is 0. The number of hydrogen-bond acceptors (Lipinski definition) is 4. The Balaban J connectivity index is 2.22. The van der Waals surface area contributed by atoms with E-state index in [0.717, 1.165) is 24.0 Å². The summed E-state index contributed by atoms with van der Waals surface area (Å²) in [4.78, 5) is 24.0. The number of hydrogen-bond donors (Lipinski definition) is 0. The Labute approximate surface area is 142 Å². The average molecular weight is 326 g/mol. The Kier molecular flexibility index (Phi) is 6.55. The van der Waals surface area contributed by atoms with E-state index >= 15 is 0 Å². The van der Waals surface area contributed by atoms with Crippen molar-refractivity contribution in [1.82, 2.24) is 0 Å². The van der Waals surface area contributed by atoms with Crippen LogP contribution in [0, 0.1) is 0 Å². The Bertz CT molecular complexity index is 645. The zero-order chi connectivity index (χ0) is 17.4. The molecule has 0 aliphatic rings. The molecular formula is C20H22O4. The van der Waals surface area contributed by atoms with Gasteiger partial charge in [-0.15, -0.1) is 0 Å². The maximum Gasteiger partial charge on any atom is 0.338 e. The van der Waals surface area contributed by atoms with Crippen LogP contribution in [0.2, 0.25) is 0 Å². The topological polar surface area (TPSA) is 52.6 Å². The first-order valence-electron chi connectivity index (χ1n) is 8.20. The monoisotopic (exact) mass is 326 g/mol. The molecule has 2 aromatic carbocycles. The molecule has 0 spiro atoms. The number of rotatable bonds is 7. The lowest BCUT2D eigenvalue weighted by molar-refractivity contribution is 0.0496. The van der Waals surface area contributed by atoms with Crippen LogP contribution < -0.4 is 0 Å². The van der Waals surface area contributed by atoms with Crippen LogP contribution in [0.1, 0.15) is 47.4 Å². The maximum absolute atomic E-state index is 12.0. The smallest absolute Gasteiger partial charge is 0.338 e. The lowest BCUT2D eigenvalue weighted by Crippen LogP contribution is -2.06. The van der Waals surface area contributed by atoms with E-state index in [4.69, 9.17) is 9.47 Å². The predicted octanol–water partition coefficient (Wildman–Crippen LogP) is 4.49. The van der Waals surface area contributed by atoms with Crippen molar-refractivity contribution in [2.45, 2.75) is 26.7 Å².